The lowest BCUT2D eigenvalue weighted by Crippen LogP contribution is -2.62. The van der Waals surface area contributed by atoms with Gasteiger partial charge in [-0.05, 0) is 249 Å². The van der Waals surface area contributed by atoms with Gasteiger partial charge in [0.2, 0.25) is 65.0 Å². The number of rotatable bonds is 30. The number of carbonyl (C=O) groups is 13. The van der Waals surface area contributed by atoms with E-state index in [1.165, 1.54) is 74.5 Å². The molecule has 3 saturated carbocycles. The number of nitrogens with zero attached hydrogens (tertiary/aromatic N) is 3. The van der Waals surface area contributed by atoms with Gasteiger partial charge in [0.25, 0.3) is 0 Å². The van der Waals surface area contributed by atoms with Gasteiger partial charge in [-0.3, -0.25) is 57.5 Å². The molecular weight excluding hydrogens is 1790 g/mol. The second-order valence-electron chi connectivity index (χ2n) is 42.8. The number of hydrogen-bond acceptors (Lipinski definition) is 21. The topological polar surface area (TPSA) is 423 Å². The van der Waals surface area contributed by atoms with Crippen molar-refractivity contribution < 1.29 is 82.0 Å². The Balaban J connectivity index is 0.779. The molecule has 754 valence electrons. The molecule has 13 N–H and O–H groups in total. The number of allylic oxidation sites excluding steroid dienone is 3. The van der Waals surface area contributed by atoms with E-state index in [2.05, 4.69) is 104 Å². The van der Waals surface area contributed by atoms with Gasteiger partial charge >= 0.3 is 12.1 Å². The smallest absolute Gasteiger partial charge is 0.407 e. The zero-order chi connectivity index (χ0) is 99.0. The van der Waals surface area contributed by atoms with Crippen LogP contribution in [0, 0.1) is 64.1 Å². The van der Waals surface area contributed by atoms with E-state index in [1.807, 2.05) is 73.8 Å². The molecule has 13 rings (SSSR count). The molecule has 0 spiro atoms. The quantitative estimate of drug-likeness (QED) is 0.0128. The van der Waals surface area contributed by atoms with Crippen molar-refractivity contribution >= 4 is 109 Å². The molecular formula is C105H150N14O17S2. The number of aliphatic hydroxyl groups is 1. The zero-order valence-corrected chi connectivity index (χ0v) is 84.2. The molecule has 5 aliphatic carbocycles. The Hall–Kier alpha value is -9.99. The van der Waals surface area contributed by atoms with E-state index in [0.29, 0.717) is 103 Å². The van der Waals surface area contributed by atoms with Crippen molar-refractivity contribution in [2.75, 3.05) is 57.8 Å². The monoisotopic (exact) mass is 1940 g/mol. The van der Waals surface area contributed by atoms with Gasteiger partial charge in [-0.2, -0.15) is 0 Å². The van der Waals surface area contributed by atoms with Gasteiger partial charge in [-0.25, -0.2) is 4.79 Å². The van der Waals surface area contributed by atoms with Crippen LogP contribution in [0.4, 0.5) is 4.79 Å². The van der Waals surface area contributed by atoms with Crippen molar-refractivity contribution in [1.29, 1.82) is 0 Å². The SMILES string of the molecule is CC(C)CCCC(C)C1CCC2C3CC=C4CC(OC(=O)CNC(=O)C(NC(=O)C5CSSCC(NC(=O)C(Cc6ccc7ccccc7c6)NC(=O)C6CCCN6C(=O)C6CCCN6C(=O)C6CCCN(C)C6)C(=O)NC(Cc6ccc(O)cc6)C(=O)NC(CC6=CNC7C=CC=CC67)C(=O)NC(CCCCNC(=O)OC(C)(C)C)C(=O)NC(C(C)C)C(=O)N5)C(C)O)CCC4(C)C3CCC12C. The Bertz CT molecular complexity index is 5000. The molecule has 5 aliphatic heterocycles. The Morgan fingerprint density at radius 2 is 1.33 bits per heavy atom. The number of ether oxygens (including phenoxy) is 2. The molecule has 22 unspecified atom stereocenters. The highest BCUT2D eigenvalue weighted by atomic mass is 33.1. The number of fused-ring (bicyclic) bond motifs is 7. The first-order valence-corrected chi connectivity index (χ1v) is 53.1. The second-order valence-corrected chi connectivity index (χ2v) is 45.4. The van der Waals surface area contributed by atoms with Gasteiger partial charge < -0.3 is 92.9 Å². The van der Waals surface area contributed by atoms with Crippen LogP contribution in [-0.2, 0) is 79.8 Å². The van der Waals surface area contributed by atoms with Gasteiger partial charge in [0, 0.05) is 62.9 Å². The first-order chi connectivity index (χ1) is 65.8. The molecule has 3 aromatic carbocycles. The van der Waals surface area contributed by atoms with Crippen LogP contribution in [0.3, 0.4) is 0 Å². The Kier molecular flexibility index (Phi) is 36.3. The number of hydrogen-bond donors (Lipinski definition) is 13. The van der Waals surface area contributed by atoms with Crippen LogP contribution in [0.25, 0.3) is 10.8 Å². The zero-order valence-electron chi connectivity index (χ0n) is 82.6. The minimum absolute atomic E-state index is 0.0301. The van der Waals surface area contributed by atoms with E-state index in [1.54, 1.807) is 57.9 Å². The fraction of sp³-hybridized carbons (Fsp3) is 0.648. The first kappa shape index (κ1) is 105. The average Bonchev–Trinajstić information content (AvgIpc) is 1.59. The number of alkyl carbamates (subject to hydrolysis) is 1. The molecule has 0 aromatic heterocycles. The third-order valence-corrected chi connectivity index (χ3v) is 33.4. The molecule has 0 bridgehead atoms. The standard InChI is InChI=1S/C105H150N14O17S2/c1-61(2)23-19-24-63(5)76-41-42-77-75-40-37-71-55-73(43-45-104(71,10)78(75)44-46-105(76,77)11)135-88(122)57-108-98(130)90(64(6)120)116-96(128)85-60-138-137-59-84(113-93(125)82(53-66-33-36-67-25-13-14-26-68(67)51-66)112-97(129)86-31-21-49-118(86)101(133)87-32-22-50-119(87)100(132)69-27-20-48-117(12)58-69)95(127)110-81(52-65-34-38-72(121)39-35-65)92(124)111-83(54-70-56-107-79-29-16-15-28-74(70)79)94(126)109-80(91(123)115-89(62(3)4)99(131)114-85)30-17-18-47-106-102(134)136-103(7,8)9/h13-16,25-26,28-29,33-39,51,56,61-64,69,73-87,89-90,107,120-121H,17-24,27,30-32,40-50,52-55,57-60H2,1-12H3,(H,106,134)(H,108,130)(H,109,126)(H,110,127)(H,111,124)(H,112,129)(H,113,125)(H,114,131)(H,115,123)(H,116,128). The minimum atomic E-state index is -1.75. The van der Waals surface area contributed by atoms with Crippen molar-refractivity contribution in [3.8, 4) is 5.75 Å². The molecule has 33 heteroatoms. The summed E-state index contributed by atoms with van der Waals surface area (Å²) in [7, 11) is 3.86. The molecule has 10 aliphatic rings. The van der Waals surface area contributed by atoms with E-state index in [-0.39, 0.29) is 110 Å². The van der Waals surface area contributed by atoms with Crippen molar-refractivity contribution in [2.45, 2.75) is 308 Å². The van der Waals surface area contributed by atoms with Crippen LogP contribution < -0.4 is 58.5 Å². The Morgan fingerprint density at radius 3 is 2.05 bits per heavy atom. The normalized spacial score (nSPS) is 29.7. The Labute approximate surface area is 821 Å². The molecule has 22 atom stereocenters. The number of esters is 1. The molecule has 12 amide bonds. The van der Waals surface area contributed by atoms with E-state index in [4.69, 9.17) is 9.47 Å². The van der Waals surface area contributed by atoms with Crippen LogP contribution in [0.1, 0.15) is 222 Å². The third-order valence-electron chi connectivity index (χ3n) is 30.9. The lowest BCUT2D eigenvalue weighted by atomic mass is 9.47. The second kappa shape index (κ2) is 47.5. The first-order valence-electron chi connectivity index (χ1n) is 50.7. The van der Waals surface area contributed by atoms with E-state index >= 15 is 38.4 Å². The molecule has 5 heterocycles. The highest BCUT2D eigenvalue weighted by Gasteiger charge is 2.60. The number of aromatic hydroxyl groups is 1. The fourth-order valence-corrected chi connectivity index (χ4v) is 25.8. The largest absolute Gasteiger partial charge is 0.508 e. The van der Waals surface area contributed by atoms with Crippen LogP contribution in [0.5, 0.6) is 5.75 Å². The van der Waals surface area contributed by atoms with Crippen molar-refractivity contribution in [1.82, 2.24) is 73.2 Å². The molecule has 31 nitrogen and oxygen atoms in total. The number of unbranched alkanes of at least 4 members (excludes halogenated alkanes) is 1. The summed E-state index contributed by atoms with van der Waals surface area (Å²) in [6.07, 6.45) is 23.9. The molecule has 4 saturated heterocycles. The maximum Gasteiger partial charge on any atom is 0.407 e. The molecule has 7 fully saturated rings. The summed E-state index contributed by atoms with van der Waals surface area (Å²) in [5.74, 6) is -7.36. The number of benzene rings is 3. The van der Waals surface area contributed by atoms with Crippen molar-refractivity contribution in [3.05, 3.63) is 126 Å². The van der Waals surface area contributed by atoms with Crippen LogP contribution in [-0.4, -0.2) is 244 Å². The number of aliphatic hydroxyl groups excluding tert-OH is 1. The van der Waals surface area contributed by atoms with Gasteiger partial charge in [-0.1, -0.05) is 180 Å². The van der Waals surface area contributed by atoms with Crippen LogP contribution in [0.2, 0.25) is 0 Å². The highest BCUT2D eigenvalue weighted by Crippen LogP contribution is 2.67. The maximum atomic E-state index is 16.0. The van der Waals surface area contributed by atoms with Gasteiger partial charge in [-0.15, -0.1) is 0 Å². The molecule has 0 radical (unpaired) electrons. The fourth-order valence-electron chi connectivity index (χ4n) is 23.5. The summed E-state index contributed by atoms with van der Waals surface area (Å²) in [4.78, 5) is 200. The average molecular weight is 1940 g/mol. The summed E-state index contributed by atoms with van der Waals surface area (Å²) >= 11 is 0. The lowest BCUT2D eigenvalue weighted by Gasteiger charge is -2.58. The van der Waals surface area contributed by atoms with Crippen molar-refractivity contribution in [3.63, 3.8) is 0 Å². The molecule has 3 aromatic rings. The van der Waals surface area contributed by atoms with Gasteiger partial charge in [0.05, 0.1) is 18.1 Å². The minimum Gasteiger partial charge on any atom is -0.508 e. The maximum absolute atomic E-state index is 16.0. The number of likely N-dealkylation sites (tertiary alicyclic amines) is 3. The van der Waals surface area contributed by atoms with Gasteiger partial charge in [0.1, 0.15) is 84.4 Å². The van der Waals surface area contributed by atoms with E-state index in [9.17, 15) is 34.2 Å². The predicted octanol–water partition coefficient (Wildman–Crippen LogP) is 9.72. The third kappa shape index (κ3) is 26.8. The lowest BCUT2D eigenvalue weighted by molar-refractivity contribution is -0.151. The number of phenols is 1. The van der Waals surface area contributed by atoms with E-state index in [0.717, 1.165) is 64.1 Å². The number of nitrogens with one attached hydrogen (secondary N) is 11. The van der Waals surface area contributed by atoms with Crippen molar-refractivity contribution in [2.24, 2.45) is 64.1 Å². The summed E-state index contributed by atoms with van der Waals surface area (Å²) in [5, 5.41) is 55.3. The van der Waals surface area contributed by atoms with Crippen LogP contribution in [0.15, 0.2) is 114 Å². The summed E-state index contributed by atoms with van der Waals surface area (Å²) in [5.41, 5.74) is 2.52. The number of carbonyl (C=O) groups excluding carboxylic acids is 13. The summed E-state index contributed by atoms with van der Waals surface area (Å²) in [6.45, 7) is 23.4. The predicted molar refractivity (Wildman–Crippen MR) is 531 cm³/mol. The van der Waals surface area contributed by atoms with Crippen LogP contribution >= 0.6 is 21.6 Å². The summed E-state index contributed by atoms with van der Waals surface area (Å²) < 4.78 is 11.6. The number of amides is 12. The summed E-state index contributed by atoms with van der Waals surface area (Å²) in [6, 6.07) is 4.41. The number of phenolic OH excluding ortho intramolecular Hbond substituents is 1. The highest BCUT2D eigenvalue weighted by molar-refractivity contribution is 8.76. The van der Waals surface area contributed by atoms with Gasteiger partial charge in [0.15, 0.2) is 0 Å². The molecule has 138 heavy (non-hydrogen) atoms. The Morgan fingerprint density at radius 1 is 0.645 bits per heavy atom. The number of piperidine rings is 1. The van der Waals surface area contributed by atoms with E-state index < -0.39 is 156 Å².